The maximum absolute atomic E-state index is 10.2. The van der Waals surface area contributed by atoms with Crippen LogP contribution in [0.2, 0.25) is 0 Å². The first kappa shape index (κ1) is 10.4. The fraction of sp³-hybridized carbons (Fsp3) is 0.875. The van der Waals surface area contributed by atoms with Gasteiger partial charge in [0.25, 0.3) is 0 Å². The van der Waals surface area contributed by atoms with Crippen molar-refractivity contribution in [3.8, 4) is 0 Å². The Morgan fingerprint density at radius 2 is 1.82 bits per heavy atom. The molecule has 0 radical (unpaired) electrons. The number of amides is 1. The molecule has 0 N–H and O–H groups in total. The lowest BCUT2D eigenvalue weighted by molar-refractivity contribution is -0.117. The van der Waals surface area contributed by atoms with Crippen LogP contribution in [0, 0.1) is 0 Å². The number of carbonyl (C=O) groups excluding carboxylic acids is 1. The van der Waals surface area contributed by atoms with Crippen molar-refractivity contribution in [3.05, 3.63) is 0 Å². The van der Waals surface area contributed by atoms with Gasteiger partial charge >= 0.3 is 0 Å². The predicted octanol–water partition coefficient (Wildman–Crippen LogP) is 0.415. The van der Waals surface area contributed by atoms with Gasteiger partial charge in [-0.25, -0.2) is 0 Å². The minimum atomic E-state index is 0.551. The van der Waals surface area contributed by atoms with Crippen molar-refractivity contribution >= 4 is 6.41 Å². The molecule has 66 valence electrons. The van der Waals surface area contributed by atoms with E-state index in [0.29, 0.717) is 6.04 Å². The Morgan fingerprint density at radius 3 is 2.18 bits per heavy atom. The van der Waals surface area contributed by atoms with Gasteiger partial charge in [-0.15, -0.1) is 0 Å². The van der Waals surface area contributed by atoms with Crippen LogP contribution in [0.4, 0.5) is 0 Å². The molecule has 0 bridgehead atoms. The van der Waals surface area contributed by atoms with E-state index in [1.807, 2.05) is 0 Å². The van der Waals surface area contributed by atoms with Crippen LogP contribution in [-0.4, -0.2) is 49.4 Å². The third kappa shape index (κ3) is 4.79. The summed E-state index contributed by atoms with van der Waals surface area (Å²) in [6.07, 6.45) is 0.855. The van der Waals surface area contributed by atoms with Gasteiger partial charge in [-0.05, 0) is 20.9 Å². The summed E-state index contributed by atoms with van der Waals surface area (Å²) in [4.78, 5) is 14.1. The maximum atomic E-state index is 10.2. The molecule has 0 fully saturated rings. The van der Waals surface area contributed by atoms with E-state index in [9.17, 15) is 4.79 Å². The molecule has 11 heavy (non-hydrogen) atoms. The van der Waals surface area contributed by atoms with Crippen LogP contribution in [0.3, 0.4) is 0 Å². The first-order valence-corrected chi connectivity index (χ1v) is 3.93. The first-order valence-electron chi connectivity index (χ1n) is 3.93. The maximum Gasteiger partial charge on any atom is 0.209 e. The van der Waals surface area contributed by atoms with Gasteiger partial charge in [0.05, 0.1) is 0 Å². The molecule has 0 spiro atoms. The Bertz CT molecular complexity index is 115. The number of likely N-dealkylation sites (N-methyl/N-ethyl adjacent to an activating group) is 2. The number of nitrogens with zero attached hydrogens (tertiary/aromatic N) is 2. The van der Waals surface area contributed by atoms with Crippen molar-refractivity contribution in [3.63, 3.8) is 0 Å². The highest BCUT2D eigenvalue weighted by Crippen LogP contribution is 1.92. The minimum Gasteiger partial charge on any atom is -0.347 e. The molecule has 0 aromatic heterocycles. The van der Waals surface area contributed by atoms with Crippen LogP contribution >= 0.6 is 0 Å². The quantitative estimate of drug-likeness (QED) is 0.541. The minimum absolute atomic E-state index is 0.551. The molecule has 0 aliphatic carbocycles. The average Bonchev–Trinajstić information content (AvgIpc) is 1.99. The van der Waals surface area contributed by atoms with Crippen molar-refractivity contribution < 1.29 is 4.79 Å². The third-order valence-electron chi connectivity index (χ3n) is 1.87. The van der Waals surface area contributed by atoms with Crippen LogP contribution in [-0.2, 0) is 4.79 Å². The zero-order valence-corrected chi connectivity index (χ0v) is 7.87. The molecule has 0 aliphatic heterocycles. The summed E-state index contributed by atoms with van der Waals surface area (Å²) in [6.45, 7) is 6.02. The Labute approximate surface area is 69.0 Å². The second-order valence-electron chi connectivity index (χ2n) is 3.16. The molecule has 3 nitrogen and oxygen atoms in total. The van der Waals surface area contributed by atoms with Crippen LogP contribution in [0.15, 0.2) is 0 Å². The van der Waals surface area contributed by atoms with E-state index in [-0.39, 0.29) is 0 Å². The molecule has 0 aliphatic rings. The van der Waals surface area contributed by atoms with E-state index in [1.54, 1.807) is 11.9 Å². The number of hydrogen-bond acceptors (Lipinski definition) is 2. The molecule has 1 amide bonds. The fourth-order valence-corrected chi connectivity index (χ4v) is 0.626. The molecule has 3 heteroatoms. The van der Waals surface area contributed by atoms with Crippen LogP contribution in [0.25, 0.3) is 0 Å². The van der Waals surface area contributed by atoms with Gasteiger partial charge in [0.1, 0.15) is 0 Å². The largest absolute Gasteiger partial charge is 0.347 e. The fourth-order valence-electron chi connectivity index (χ4n) is 0.626. The molecule has 0 unspecified atom stereocenters. The summed E-state index contributed by atoms with van der Waals surface area (Å²) in [6, 6.07) is 0.551. The molecular weight excluding hydrogens is 140 g/mol. The van der Waals surface area contributed by atoms with Crippen LogP contribution < -0.4 is 0 Å². The van der Waals surface area contributed by atoms with Gasteiger partial charge in [0.2, 0.25) is 6.41 Å². The molecule has 0 aromatic carbocycles. The van der Waals surface area contributed by atoms with Crippen LogP contribution in [0.5, 0.6) is 0 Å². The lowest BCUT2D eigenvalue weighted by atomic mass is 10.3. The van der Waals surface area contributed by atoms with Gasteiger partial charge in [0.15, 0.2) is 0 Å². The predicted molar refractivity (Wildman–Crippen MR) is 46.5 cm³/mol. The third-order valence-corrected chi connectivity index (χ3v) is 1.87. The van der Waals surface area contributed by atoms with Crippen molar-refractivity contribution in [1.82, 2.24) is 9.80 Å². The van der Waals surface area contributed by atoms with E-state index in [0.717, 1.165) is 19.5 Å². The van der Waals surface area contributed by atoms with Gasteiger partial charge in [-0.2, -0.15) is 0 Å². The highest BCUT2D eigenvalue weighted by atomic mass is 16.1. The van der Waals surface area contributed by atoms with E-state index >= 15 is 0 Å². The van der Waals surface area contributed by atoms with E-state index in [2.05, 4.69) is 25.8 Å². The van der Waals surface area contributed by atoms with Gasteiger partial charge in [-0.3, -0.25) is 4.79 Å². The Kier molecular flexibility index (Phi) is 4.86. The van der Waals surface area contributed by atoms with Crippen LogP contribution in [0.1, 0.15) is 13.8 Å². The summed E-state index contributed by atoms with van der Waals surface area (Å²) in [5.41, 5.74) is 0. The molecule has 0 heterocycles. The molecule has 0 aromatic rings. The molecule has 0 saturated carbocycles. The summed E-state index contributed by atoms with van der Waals surface area (Å²) in [7, 11) is 3.85. The normalized spacial score (nSPS) is 10.7. The highest BCUT2D eigenvalue weighted by molar-refractivity contribution is 5.46. The van der Waals surface area contributed by atoms with Crippen molar-refractivity contribution in [1.29, 1.82) is 0 Å². The SMILES string of the molecule is CC(C)N(C)CCN(C)C=O. The Morgan fingerprint density at radius 1 is 1.27 bits per heavy atom. The van der Waals surface area contributed by atoms with Crippen molar-refractivity contribution in [2.24, 2.45) is 0 Å². The van der Waals surface area contributed by atoms with Crippen molar-refractivity contribution in [2.45, 2.75) is 19.9 Å². The second-order valence-corrected chi connectivity index (χ2v) is 3.16. The monoisotopic (exact) mass is 158 g/mol. The molecular formula is C8H18N2O. The van der Waals surface area contributed by atoms with Gasteiger partial charge in [-0.1, -0.05) is 0 Å². The van der Waals surface area contributed by atoms with Gasteiger partial charge in [0, 0.05) is 26.2 Å². The zero-order chi connectivity index (χ0) is 8.85. The second kappa shape index (κ2) is 5.13. The lowest BCUT2D eigenvalue weighted by Crippen LogP contribution is -2.34. The summed E-state index contributed by atoms with van der Waals surface area (Å²) >= 11 is 0. The van der Waals surface area contributed by atoms with Gasteiger partial charge < -0.3 is 9.80 Å². The average molecular weight is 158 g/mol. The highest BCUT2D eigenvalue weighted by Gasteiger charge is 2.02. The number of rotatable bonds is 5. The van der Waals surface area contributed by atoms with E-state index in [4.69, 9.17) is 0 Å². The molecule has 0 rings (SSSR count). The Balaban J connectivity index is 3.45. The van der Waals surface area contributed by atoms with E-state index in [1.165, 1.54) is 0 Å². The number of carbonyl (C=O) groups is 1. The summed E-state index contributed by atoms with van der Waals surface area (Å²) < 4.78 is 0. The molecule has 0 saturated heterocycles. The van der Waals surface area contributed by atoms with E-state index < -0.39 is 0 Å². The summed E-state index contributed by atoms with van der Waals surface area (Å²) in [5, 5.41) is 0. The zero-order valence-electron chi connectivity index (χ0n) is 7.87. The summed E-state index contributed by atoms with van der Waals surface area (Å²) in [5.74, 6) is 0. The first-order chi connectivity index (χ1) is 5.07. The standard InChI is InChI=1S/C8H18N2O/c1-8(2)10(4)6-5-9(3)7-11/h7-8H,5-6H2,1-4H3. The Hall–Kier alpha value is -0.570. The molecule has 0 atom stereocenters. The lowest BCUT2D eigenvalue weighted by Gasteiger charge is -2.22. The topological polar surface area (TPSA) is 23.6 Å². The number of hydrogen-bond donors (Lipinski definition) is 0. The smallest absolute Gasteiger partial charge is 0.209 e. The van der Waals surface area contributed by atoms with Crippen molar-refractivity contribution in [2.75, 3.05) is 27.2 Å².